The topological polar surface area (TPSA) is 152 Å². The Kier molecular flexibility index (Phi) is 7.89. The van der Waals surface area contributed by atoms with Gasteiger partial charge in [0.25, 0.3) is 21.4 Å². The molecule has 0 radical (unpaired) electrons. The lowest BCUT2D eigenvalue weighted by molar-refractivity contribution is -0.387. The van der Waals surface area contributed by atoms with Crippen molar-refractivity contribution >= 4 is 27.2 Å². The SMILES string of the molecule is CN(CCN(CNC1CCCC1)S(=O)(=O)c1ccccc1[N+](=O)[O-])c1ccc([N+](=O)[O-])cn1. The van der Waals surface area contributed by atoms with Crippen molar-refractivity contribution in [3.63, 3.8) is 0 Å². The van der Waals surface area contributed by atoms with Gasteiger partial charge in [-0.1, -0.05) is 25.0 Å². The highest BCUT2D eigenvalue weighted by molar-refractivity contribution is 7.89. The van der Waals surface area contributed by atoms with Crippen LogP contribution < -0.4 is 10.2 Å². The molecule has 178 valence electrons. The average Bonchev–Trinajstić information content (AvgIpc) is 3.32. The van der Waals surface area contributed by atoms with Crippen molar-refractivity contribution in [2.75, 3.05) is 31.7 Å². The van der Waals surface area contributed by atoms with Crippen LogP contribution in [0.15, 0.2) is 47.5 Å². The molecule has 0 aliphatic heterocycles. The van der Waals surface area contributed by atoms with Crippen LogP contribution in [-0.2, 0) is 10.0 Å². The van der Waals surface area contributed by atoms with Crippen LogP contribution in [0.25, 0.3) is 0 Å². The first kappa shape index (κ1) is 24.5. The summed E-state index contributed by atoms with van der Waals surface area (Å²) in [4.78, 5) is 26.4. The van der Waals surface area contributed by atoms with Gasteiger partial charge in [0.2, 0.25) is 0 Å². The van der Waals surface area contributed by atoms with Crippen LogP contribution in [0, 0.1) is 20.2 Å². The van der Waals surface area contributed by atoms with Crippen molar-refractivity contribution in [1.82, 2.24) is 14.6 Å². The number of para-hydroxylation sites is 1. The third kappa shape index (κ3) is 6.00. The second-order valence-corrected chi connectivity index (χ2v) is 9.71. The van der Waals surface area contributed by atoms with Gasteiger partial charge in [0, 0.05) is 38.3 Å². The van der Waals surface area contributed by atoms with Crippen LogP contribution in [0.4, 0.5) is 17.2 Å². The van der Waals surface area contributed by atoms with Gasteiger partial charge >= 0.3 is 0 Å². The lowest BCUT2D eigenvalue weighted by Crippen LogP contribution is -2.45. The molecule has 0 spiro atoms. The van der Waals surface area contributed by atoms with E-state index in [9.17, 15) is 28.6 Å². The van der Waals surface area contributed by atoms with Gasteiger partial charge in [-0.3, -0.25) is 20.2 Å². The Labute approximate surface area is 191 Å². The molecule has 1 fully saturated rings. The fraction of sp³-hybridized carbons (Fsp3) is 0.450. The van der Waals surface area contributed by atoms with Gasteiger partial charge < -0.3 is 10.2 Å². The maximum atomic E-state index is 13.4. The van der Waals surface area contributed by atoms with Gasteiger partial charge in [0.15, 0.2) is 4.90 Å². The highest BCUT2D eigenvalue weighted by Gasteiger charge is 2.32. The van der Waals surface area contributed by atoms with E-state index in [1.54, 1.807) is 11.9 Å². The molecular weight excluding hydrogens is 452 g/mol. The second kappa shape index (κ2) is 10.6. The van der Waals surface area contributed by atoms with E-state index >= 15 is 0 Å². The molecule has 0 unspecified atom stereocenters. The predicted molar refractivity (Wildman–Crippen MR) is 121 cm³/mol. The molecule has 0 saturated heterocycles. The summed E-state index contributed by atoms with van der Waals surface area (Å²) in [6, 6.07) is 8.28. The minimum absolute atomic E-state index is 0.0145. The first-order chi connectivity index (χ1) is 15.7. The molecule has 1 heterocycles. The minimum Gasteiger partial charge on any atom is -0.358 e. The monoisotopic (exact) mass is 478 g/mol. The predicted octanol–water partition coefficient (Wildman–Crippen LogP) is 2.51. The number of aromatic nitrogens is 1. The summed E-state index contributed by atoms with van der Waals surface area (Å²) in [5.41, 5.74) is -0.623. The maximum absolute atomic E-state index is 13.4. The molecule has 0 bridgehead atoms. The van der Waals surface area contributed by atoms with Gasteiger partial charge in [-0.15, -0.1) is 0 Å². The zero-order valence-corrected chi connectivity index (χ0v) is 19.0. The quantitative estimate of drug-likeness (QED) is 0.292. The molecule has 1 aliphatic carbocycles. The van der Waals surface area contributed by atoms with E-state index in [2.05, 4.69) is 10.3 Å². The smallest absolute Gasteiger partial charge is 0.289 e. The summed E-state index contributed by atoms with van der Waals surface area (Å²) in [6.45, 7) is 0.265. The van der Waals surface area contributed by atoms with Crippen LogP contribution in [0.5, 0.6) is 0 Å². The molecule has 1 aromatic heterocycles. The summed E-state index contributed by atoms with van der Waals surface area (Å²) in [5, 5.41) is 25.5. The molecule has 33 heavy (non-hydrogen) atoms. The number of benzene rings is 1. The molecule has 12 nitrogen and oxygen atoms in total. The van der Waals surface area contributed by atoms with Crippen molar-refractivity contribution < 1.29 is 18.3 Å². The Morgan fingerprint density at radius 2 is 1.76 bits per heavy atom. The fourth-order valence-electron chi connectivity index (χ4n) is 3.70. The number of likely N-dealkylation sites (N-methyl/N-ethyl adjacent to an activating group) is 1. The van der Waals surface area contributed by atoms with Crippen molar-refractivity contribution in [2.24, 2.45) is 0 Å². The van der Waals surface area contributed by atoms with Crippen molar-refractivity contribution in [2.45, 2.75) is 36.6 Å². The highest BCUT2D eigenvalue weighted by atomic mass is 32.2. The number of nitrogens with zero attached hydrogens (tertiary/aromatic N) is 5. The number of nitro groups is 2. The fourth-order valence-corrected chi connectivity index (χ4v) is 5.20. The van der Waals surface area contributed by atoms with E-state index in [1.165, 1.54) is 40.7 Å². The van der Waals surface area contributed by atoms with E-state index in [0.29, 0.717) is 5.82 Å². The maximum Gasteiger partial charge on any atom is 0.289 e. The summed E-state index contributed by atoms with van der Waals surface area (Å²) >= 11 is 0. The number of hydrogen-bond donors (Lipinski definition) is 1. The van der Waals surface area contributed by atoms with Crippen LogP contribution in [-0.4, -0.2) is 60.4 Å². The highest BCUT2D eigenvalue weighted by Crippen LogP contribution is 2.26. The second-order valence-electron chi connectivity index (χ2n) is 7.80. The number of rotatable bonds is 11. The number of nitrogens with one attached hydrogen (secondary N) is 1. The third-order valence-corrected chi connectivity index (χ3v) is 7.50. The zero-order chi connectivity index (χ0) is 24.0. The van der Waals surface area contributed by atoms with Crippen LogP contribution in [0.3, 0.4) is 0 Å². The lowest BCUT2D eigenvalue weighted by Gasteiger charge is -2.27. The van der Waals surface area contributed by atoms with Gasteiger partial charge in [-0.25, -0.2) is 13.4 Å². The molecule has 1 N–H and O–H groups in total. The van der Waals surface area contributed by atoms with Crippen LogP contribution in [0.2, 0.25) is 0 Å². The van der Waals surface area contributed by atoms with E-state index < -0.39 is 25.6 Å². The minimum atomic E-state index is -4.17. The molecule has 1 aromatic carbocycles. The number of sulfonamides is 1. The normalized spacial score (nSPS) is 14.5. The molecule has 2 aromatic rings. The molecule has 0 atom stereocenters. The van der Waals surface area contributed by atoms with Gasteiger partial charge in [0.1, 0.15) is 12.0 Å². The Morgan fingerprint density at radius 3 is 2.36 bits per heavy atom. The van der Waals surface area contributed by atoms with E-state index in [4.69, 9.17) is 0 Å². The Balaban J connectivity index is 1.80. The van der Waals surface area contributed by atoms with Crippen molar-refractivity contribution in [3.8, 4) is 0 Å². The molecule has 1 saturated carbocycles. The summed E-state index contributed by atoms with van der Waals surface area (Å²) in [6.07, 6.45) is 5.18. The summed E-state index contributed by atoms with van der Waals surface area (Å²) in [5.74, 6) is 0.437. The number of anilines is 1. The van der Waals surface area contributed by atoms with Gasteiger partial charge in [-0.2, -0.15) is 4.31 Å². The Morgan fingerprint density at radius 1 is 1.06 bits per heavy atom. The first-order valence-corrected chi connectivity index (χ1v) is 11.9. The standard InChI is InChI=1S/C20H26N6O6S/c1-23(20-11-10-17(14-21-20)25(27)28)12-13-24(15-22-16-6-2-3-7-16)33(31,32)19-9-5-4-8-18(19)26(29)30/h4-5,8-11,14,16,22H,2-3,6-7,12-13,15H2,1H3. The van der Waals surface area contributed by atoms with Crippen LogP contribution in [0.1, 0.15) is 25.7 Å². The van der Waals surface area contributed by atoms with E-state index in [1.807, 2.05) is 0 Å². The Hall–Kier alpha value is -3.16. The summed E-state index contributed by atoms with van der Waals surface area (Å²) < 4.78 is 28.0. The molecule has 13 heteroatoms. The van der Waals surface area contributed by atoms with Gasteiger partial charge in [-0.05, 0) is 25.0 Å². The largest absolute Gasteiger partial charge is 0.358 e. The number of nitro benzene ring substituents is 1. The third-order valence-electron chi connectivity index (χ3n) is 5.61. The van der Waals surface area contributed by atoms with Gasteiger partial charge in [0.05, 0.1) is 16.5 Å². The lowest BCUT2D eigenvalue weighted by atomic mass is 10.3. The van der Waals surface area contributed by atoms with Crippen molar-refractivity contribution in [1.29, 1.82) is 0 Å². The number of hydrogen-bond acceptors (Lipinski definition) is 9. The van der Waals surface area contributed by atoms with Crippen molar-refractivity contribution in [3.05, 3.63) is 62.8 Å². The zero-order valence-electron chi connectivity index (χ0n) is 18.2. The molecule has 3 rings (SSSR count). The Bertz CT molecular complexity index is 1090. The van der Waals surface area contributed by atoms with Crippen LogP contribution >= 0.6 is 0 Å². The van der Waals surface area contributed by atoms with E-state index in [0.717, 1.165) is 31.9 Å². The average molecular weight is 479 g/mol. The molecule has 1 aliphatic rings. The van der Waals surface area contributed by atoms with E-state index in [-0.39, 0.29) is 36.4 Å². The summed E-state index contributed by atoms with van der Waals surface area (Å²) in [7, 11) is -2.48. The number of pyridine rings is 1. The molecule has 0 amide bonds. The molecular formula is C20H26N6O6S. The first-order valence-electron chi connectivity index (χ1n) is 10.5.